The fraction of sp³-hybridized carbons (Fsp3) is 0. The van der Waals surface area contributed by atoms with Gasteiger partial charge in [-0.3, -0.25) is 0 Å². The minimum absolute atomic E-state index is 0.0115. The van der Waals surface area contributed by atoms with E-state index in [1.807, 2.05) is 54.6 Å². The highest BCUT2D eigenvalue weighted by atomic mass is 32.1. The van der Waals surface area contributed by atoms with Gasteiger partial charge in [-0.05, 0) is 57.6 Å². The van der Waals surface area contributed by atoms with Crippen molar-refractivity contribution in [2.24, 2.45) is 0 Å². The van der Waals surface area contributed by atoms with Gasteiger partial charge in [0.1, 0.15) is 0 Å². The molecule has 49 heavy (non-hydrogen) atoms. The average Bonchev–Trinajstić information content (AvgIpc) is 3.72. The first kappa shape index (κ1) is 17.3. The summed E-state index contributed by atoms with van der Waals surface area (Å²) in [5.41, 5.74) is 0.564. The van der Waals surface area contributed by atoms with Crippen LogP contribution in [0.15, 0.2) is 176 Å². The van der Waals surface area contributed by atoms with Gasteiger partial charge in [0.25, 0.3) is 0 Å². The van der Waals surface area contributed by atoms with Crippen LogP contribution < -0.4 is 0 Å². The topological polar surface area (TPSA) is 38.7 Å². The third-order valence-electron chi connectivity index (χ3n) is 7.78. The van der Waals surface area contributed by atoms with Crippen LogP contribution in [0.3, 0.4) is 0 Å². The molecule has 2 heterocycles. The van der Waals surface area contributed by atoms with Crippen molar-refractivity contribution in [1.82, 2.24) is 15.0 Å². The van der Waals surface area contributed by atoms with Crippen molar-refractivity contribution in [2.45, 2.75) is 0 Å². The van der Waals surface area contributed by atoms with Gasteiger partial charge in [-0.2, -0.15) is 0 Å². The van der Waals surface area contributed by atoms with E-state index in [9.17, 15) is 8.22 Å². The second kappa shape index (κ2) is 12.4. The zero-order chi connectivity index (χ0) is 45.6. The van der Waals surface area contributed by atoms with Crippen molar-refractivity contribution in [3.63, 3.8) is 0 Å². The molecule has 9 rings (SSSR count). The predicted molar refractivity (Wildman–Crippen MR) is 205 cm³/mol. The summed E-state index contributed by atoms with van der Waals surface area (Å²) in [6.45, 7) is 0. The van der Waals surface area contributed by atoms with Crippen molar-refractivity contribution in [3.05, 3.63) is 176 Å². The van der Waals surface area contributed by atoms with Gasteiger partial charge in [0.15, 0.2) is 17.5 Å². The number of hydrogen-bond acceptors (Lipinski definition) is 4. The maximum Gasteiger partial charge on any atom is 0.164 e. The summed E-state index contributed by atoms with van der Waals surface area (Å²) in [4.78, 5) is 14.0. The number of rotatable bonds is 6. The molecular weight excluding hydrogens is 615 g/mol. The molecule has 0 spiro atoms. The molecule has 0 aliphatic heterocycles. The summed E-state index contributed by atoms with van der Waals surface area (Å²) in [5, 5.41) is -0.193. The summed E-state index contributed by atoms with van der Waals surface area (Å²) in [6.07, 6.45) is 0. The van der Waals surface area contributed by atoms with Crippen LogP contribution >= 0.6 is 11.3 Å². The monoisotopic (exact) mass is 658 g/mol. The van der Waals surface area contributed by atoms with Crippen molar-refractivity contribution in [2.75, 3.05) is 0 Å². The molecule has 0 bridgehead atoms. The smallest absolute Gasteiger partial charge is 0.164 e. The minimum Gasteiger partial charge on any atom is -0.208 e. The molecule has 0 saturated carbocycles. The van der Waals surface area contributed by atoms with E-state index in [2.05, 4.69) is 9.97 Å². The Morgan fingerprint density at radius 3 is 1.53 bits per heavy atom. The Kier molecular flexibility index (Phi) is 4.37. The molecule has 0 radical (unpaired) electrons. The summed E-state index contributed by atoms with van der Waals surface area (Å²) >= 11 is 0.807. The number of aromatic nitrogens is 3. The Morgan fingerprint density at radius 2 is 0.837 bits per heavy atom. The predicted octanol–water partition coefficient (Wildman–Crippen LogP) is 12.2. The van der Waals surface area contributed by atoms with Gasteiger partial charge in [-0.1, -0.05) is 151 Å². The Morgan fingerprint density at radius 1 is 0.347 bits per heavy atom. The van der Waals surface area contributed by atoms with E-state index in [0.717, 1.165) is 22.5 Å². The molecule has 0 aliphatic rings. The highest BCUT2D eigenvalue weighted by Gasteiger charge is 2.14. The molecule has 0 unspecified atom stereocenters. The molecule has 0 saturated heterocycles. The molecule has 7 aromatic carbocycles. The second-order valence-electron chi connectivity index (χ2n) is 10.9. The average molecular weight is 659 g/mol. The molecule has 3 nitrogen and oxygen atoms in total. The third kappa shape index (κ3) is 5.69. The maximum absolute atomic E-state index is 9.48. The van der Waals surface area contributed by atoms with Crippen molar-refractivity contribution < 1.29 is 20.6 Å². The Hall–Kier alpha value is -6.23. The molecule has 0 amide bonds. The van der Waals surface area contributed by atoms with Crippen molar-refractivity contribution in [1.29, 1.82) is 0 Å². The largest absolute Gasteiger partial charge is 0.208 e. The van der Waals surface area contributed by atoms with E-state index >= 15 is 0 Å². The van der Waals surface area contributed by atoms with Crippen LogP contribution in [0.5, 0.6) is 0 Å². The zero-order valence-corrected chi connectivity index (χ0v) is 26.1. The van der Waals surface area contributed by atoms with Crippen LogP contribution in [-0.4, -0.2) is 15.0 Å². The Labute approximate surface area is 310 Å². The number of thiophene rings is 1. The van der Waals surface area contributed by atoms with Crippen LogP contribution in [0.1, 0.15) is 20.6 Å². The highest BCUT2D eigenvalue weighted by molar-refractivity contribution is 7.25. The van der Waals surface area contributed by atoms with Crippen LogP contribution in [0.4, 0.5) is 0 Å². The standard InChI is InChI=1S/C45H29N3S/c1-3-10-30(11-4-1)31-22-24-35(25-23-31)44-46-43(34-12-5-2-6-13-34)47-45(48-44)38-15-9-14-36(28-38)32-18-20-33(21-19-32)37-26-27-42-40(29-37)39-16-7-8-17-41(39)49-42/h1-29H/i7D,8D,9D,14D,15D,16D,17D,18D,19D,20D,21D,26D,27D,28D,29D. The van der Waals surface area contributed by atoms with Gasteiger partial charge in [0.05, 0.1) is 20.6 Å². The van der Waals surface area contributed by atoms with E-state index in [4.69, 9.17) is 17.3 Å². The number of nitrogens with zero attached hydrogens (tertiary/aromatic N) is 3. The van der Waals surface area contributed by atoms with Gasteiger partial charge < -0.3 is 0 Å². The summed E-state index contributed by atoms with van der Waals surface area (Å²) in [6, 6.07) is 16.4. The number of hydrogen-bond donors (Lipinski definition) is 0. The van der Waals surface area contributed by atoms with E-state index in [1.54, 1.807) is 30.3 Å². The molecule has 4 heteroatoms. The lowest BCUT2D eigenvalue weighted by Crippen LogP contribution is -2.00. The summed E-state index contributed by atoms with van der Waals surface area (Å²) < 4.78 is 134. The highest BCUT2D eigenvalue weighted by Crippen LogP contribution is 2.37. The molecule has 0 N–H and O–H groups in total. The van der Waals surface area contributed by atoms with E-state index in [1.165, 1.54) is 0 Å². The SMILES string of the molecule is [2H]c1c([2H])c(-c2nc(-c3ccccc3)nc(-c3ccc(-c4ccccc4)cc3)n2)c([2H])c(-c2c([2H])c([2H])c(-c3c([2H])c([2H])c4sc5c([2H])c([2H])c([2H])c([2H])c5c4c3[2H])c([2H])c2[2H])c1[2H]. The molecule has 9 aromatic rings. The normalized spacial score (nSPS) is 15.6. The maximum atomic E-state index is 9.48. The molecule has 230 valence electrons. The summed E-state index contributed by atoms with van der Waals surface area (Å²) in [5.74, 6) is 0.110. The van der Waals surface area contributed by atoms with Crippen LogP contribution in [0.25, 0.3) is 87.7 Å². The number of benzene rings is 7. The Balaban J connectivity index is 1.26. The van der Waals surface area contributed by atoms with Crippen molar-refractivity contribution >= 4 is 31.5 Å². The first-order valence-electron chi connectivity index (χ1n) is 22.6. The minimum atomic E-state index is -0.802. The quantitative estimate of drug-likeness (QED) is 0.178. The molecule has 0 fully saturated rings. The molecular formula is C45H29N3S. The summed E-state index contributed by atoms with van der Waals surface area (Å²) in [7, 11) is 0. The van der Waals surface area contributed by atoms with Crippen LogP contribution in [0.2, 0.25) is 0 Å². The Bertz CT molecular complexity index is 3410. The second-order valence-corrected chi connectivity index (χ2v) is 11.9. The molecule has 2 aromatic heterocycles. The van der Waals surface area contributed by atoms with E-state index in [0.29, 0.717) is 11.1 Å². The molecule has 0 atom stereocenters. The lowest BCUT2D eigenvalue weighted by Gasteiger charge is -2.10. The zero-order valence-electron chi connectivity index (χ0n) is 40.3. The lowest BCUT2D eigenvalue weighted by atomic mass is 9.98. The number of fused-ring (bicyclic) bond motifs is 3. The van der Waals surface area contributed by atoms with E-state index < -0.39 is 113 Å². The lowest BCUT2D eigenvalue weighted by molar-refractivity contribution is 1.07. The van der Waals surface area contributed by atoms with Gasteiger partial charge in [-0.15, -0.1) is 11.3 Å². The van der Waals surface area contributed by atoms with Gasteiger partial charge in [0.2, 0.25) is 0 Å². The third-order valence-corrected chi connectivity index (χ3v) is 8.80. The van der Waals surface area contributed by atoms with Gasteiger partial charge in [0, 0.05) is 36.9 Å². The van der Waals surface area contributed by atoms with Crippen molar-refractivity contribution in [3.8, 4) is 67.5 Å². The fourth-order valence-corrected chi connectivity index (χ4v) is 6.27. The van der Waals surface area contributed by atoms with Crippen LogP contribution in [-0.2, 0) is 0 Å². The first-order chi connectivity index (χ1) is 30.5. The van der Waals surface area contributed by atoms with Gasteiger partial charge >= 0.3 is 0 Å². The van der Waals surface area contributed by atoms with Gasteiger partial charge in [-0.25, -0.2) is 15.0 Å². The molecule has 0 aliphatic carbocycles. The fourth-order valence-electron chi connectivity index (χ4n) is 5.35. The first-order valence-corrected chi connectivity index (χ1v) is 16.0. The van der Waals surface area contributed by atoms with E-state index in [-0.39, 0.29) is 43.2 Å². The van der Waals surface area contributed by atoms with Crippen LogP contribution in [0, 0.1) is 0 Å².